The van der Waals surface area contributed by atoms with Gasteiger partial charge in [0.15, 0.2) is 0 Å². The highest BCUT2D eigenvalue weighted by Crippen LogP contribution is 2.23. The van der Waals surface area contributed by atoms with Crippen LogP contribution in [0.2, 0.25) is 18.1 Å². The van der Waals surface area contributed by atoms with Crippen molar-refractivity contribution in [3.63, 3.8) is 0 Å². The van der Waals surface area contributed by atoms with E-state index in [2.05, 4.69) is 34.6 Å². The van der Waals surface area contributed by atoms with Gasteiger partial charge in [-0.25, -0.2) is 0 Å². The average molecular weight is 172 g/mol. The lowest BCUT2D eigenvalue weighted by Gasteiger charge is -2.20. The van der Waals surface area contributed by atoms with E-state index in [1.165, 1.54) is 18.5 Å². The predicted molar refractivity (Wildman–Crippen MR) is 57.0 cm³/mol. The van der Waals surface area contributed by atoms with Crippen molar-refractivity contribution in [2.24, 2.45) is 5.41 Å². The molecule has 68 valence electrons. The van der Waals surface area contributed by atoms with Crippen LogP contribution in [0.5, 0.6) is 0 Å². The van der Waals surface area contributed by atoms with Crippen molar-refractivity contribution in [2.45, 2.75) is 59.2 Å². The smallest absolute Gasteiger partial charge is 0.0362 e. The highest BCUT2D eigenvalue weighted by molar-refractivity contribution is 6.58. The molecule has 0 heterocycles. The third-order valence-corrected chi connectivity index (χ3v) is 5.87. The summed E-state index contributed by atoms with van der Waals surface area (Å²) < 4.78 is 0. The highest BCUT2D eigenvalue weighted by atomic mass is 28.3. The van der Waals surface area contributed by atoms with Gasteiger partial charge in [-0.05, 0) is 5.41 Å². The van der Waals surface area contributed by atoms with E-state index in [1.54, 1.807) is 6.04 Å². The topological polar surface area (TPSA) is 0 Å². The standard InChI is InChI=1S/C10H24Si/c1-6-11(7-2)9-8-10(3,4)5/h11H,6-9H2,1-5H3. The van der Waals surface area contributed by atoms with Crippen LogP contribution in [0.25, 0.3) is 0 Å². The van der Waals surface area contributed by atoms with Crippen LogP contribution in [0.15, 0.2) is 0 Å². The van der Waals surface area contributed by atoms with Gasteiger partial charge in [0.05, 0.1) is 0 Å². The summed E-state index contributed by atoms with van der Waals surface area (Å²) in [6.45, 7) is 11.8. The molecule has 0 N–H and O–H groups in total. The fourth-order valence-corrected chi connectivity index (χ4v) is 4.00. The summed E-state index contributed by atoms with van der Waals surface area (Å²) in [5, 5.41) is 0. The van der Waals surface area contributed by atoms with Crippen LogP contribution in [-0.4, -0.2) is 8.80 Å². The molecule has 0 aromatic heterocycles. The molecule has 0 atom stereocenters. The van der Waals surface area contributed by atoms with Crippen LogP contribution < -0.4 is 0 Å². The first kappa shape index (κ1) is 11.2. The molecule has 0 saturated carbocycles. The van der Waals surface area contributed by atoms with Gasteiger partial charge in [-0.1, -0.05) is 59.2 Å². The molecule has 0 unspecified atom stereocenters. The largest absolute Gasteiger partial charge is 0.0680 e. The minimum absolute atomic E-state index is 0.292. The first-order valence-corrected chi connectivity index (χ1v) is 7.44. The lowest BCUT2D eigenvalue weighted by Crippen LogP contribution is -2.13. The summed E-state index contributed by atoms with van der Waals surface area (Å²) >= 11 is 0. The Bertz CT molecular complexity index is 87.5. The third-order valence-electron chi connectivity index (χ3n) is 2.46. The minimum Gasteiger partial charge on any atom is -0.0680 e. The van der Waals surface area contributed by atoms with Crippen molar-refractivity contribution in [3.8, 4) is 0 Å². The Morgan fingerprint density at radius 2 is 1.45 bits per heavy atom. The Balaban J connectivity index is 3.51. The van der Waals surface area contributed by atoms with Crippen LogP contribution in [0, 0.1) is 5.41 Å². The van der Waals surface area contributed by atoms with E-state index >= 15 is 0 Å². The molecule has 0 saturated heterocycles. The first-order valence-electron chi connectivity index (χ1n) is 4.99. The Kier molecular flexibility index (Phi) is 5.07. The number of hydrogen-bond donors (Lipinski definition) is 0. The molecule has 0 aliphatic rings. The quantitative estimate of drug-likeness (QED) is 0.567. The van der Waals surface area contributed by atoms with Gasteiger partial charge in [0.2, 0.25) is 0 Å². The second kappa shape index (κ2) is 4.97. The van der Waals surface area contributed by atoms with Crippen LogP contribution in [0.1, 0.15) is 41.0 Å². The van der Waals surface area contributed by atoms with E-state index in [0.29, 0.717) is 5.41 Å². The van der Waals surface area contributed by atoms with Crippen molar-refractivity contribution in [1.82, 2.24) is 0 Å². The number of hydrogen-bond acceptors (Lipinski definition) is 0. The van der Waals surface area contributed by atoms with E-state index < -0.39 is 0 Å². The maximum absolute atomic E-state index is 2.36. The highest BCUT2D eigenvalue weighted by Gasteiger charge is 2.13. The Hall–Kier alpha value is 0.217. The maximum atomic E-state index is 2.36. The maximum Gasteiger partial charge on any atom is 0.0362 e. The van der Waals surface area contributed by atoms with Crippen molar-refractivity contribution in [3.05, 3.63) is 0 Å². The van der Waals surface area contributed by atoms with Crippen LogP contribution >= 0.6 is 0 Å². The molecule has 0 aliphatic heterocycles. The van der Waals surface area contributed by atoms with Gasteiger partial charge >= 0.3 is 0 Å². The molecule has 0 fully saturated rings. The summed E-state index contributed by atoms with van der Waals surface area (Å²) in [7, 11) is -0.292. The second-order valence-electron chi connectivity index (χ2n) is 4.78. The average Bonchev–Trinajstić information content (AvgIpc) is 1.88. The van der Waals surface area contributed by atoms with Gasteiger partial charge in [0.25, 0.3) is 0 Å². The third kappa shape index (κ3) is 6.61. The molecular weight excluding hydrogens is 148 g/mol. The molecule has 0 amide bonds. The van der Waals surface area contributed by atoms with E-state index in [9.17, 15) is 0 Å². The fourth-order valence-electron chi connectivity index (χ4n) is 1.33. The molecule has 0 aromatic rings. The Morgan fingerprint density at radius 1 is 1.00 bits per heavy atom. The molecule has 0 aliphatic carbocycles. The molecule has 0 radical (unpaired) electrons. The predicted octanol–water partition coefficient (Wildman–Crippen LogP) is 3.69. The van der Waals surface area contributed by atoms with E-state index in [0.717, 1.165) is 0 Å². The van der Waals surface area contributed by atoms with E-state index in [4.69, 9.17) is 0 Å². The normalized spacial score (nSPS) is 12.5. The monoisotopic (exact) mass is 172 g/mol. The zero-order chi connectivity index (χ0) is 8.91. The zero-order valence-electron chi connectivity index (χ0n) is 8.91. The fraction of sp³-hybridized carbons (Fsp3) is 1.00. The van der Waals surface area contributed by atoms with E-state index in [-0.39, 0.29) is 8.80 Å². The molecule has 0 rings (SSSR count). The molecule has 0 spiro atoms. The Labute approximate surface area is 74.0 Å². The van der Waals surface area contributed by atoms with Crippen molar-refractivity contribution in [1.29, 1.82) is 0 Å². The lowest BCUT2D eigenvalue weighted by molar-refractivity contribution is 0.396. The molecule has 0 nitrogen and oxygen atoms in total. The second-order valence-corrected chi connectivity index (χ2v) is 8.72. The first-order chi connectivity index (χ1) is 4.99. The molecule has 0 aromatic carbocycles. The zero-order valence-corrected chi connectivity index (χ0v) is 10.1. The Morgan fingerprint density at radius 3 is 1.73 bits per heavy atom. The minimum atomic E-state index is -0.292. The van der Waals surface area contributed by atoms with Gasteiger partial charge in [0, 0.05) is 8.80 Å². The van der Waals surface area contributed by atoms with Gasteiger partial charge in [0.1, 0.15) is 0 Å². The van der Waals surface area contributed by atoms with E-state index in [1.807, 2.05) is 0 Å². The van der Waals surface area contributed by atoms with Gasteiger partial charge in [-0.3, -0.25) is 0 Å². The van der Waals surface area contributed by atoms with Crippen molar-refractivity contribution >= 4 is 8.80 Å². The SMILES string of the molecule is CC[SiH](CC)CCC(C)(C)C. The van der Waals surface area contributed by atoms with Gasteiger partial charge in [-0.2, -0.15) is 0 Å². The van der Waals surface area contributed by atoms with Gasteiger partial charge < -0.3 is 0 Å². The van der Waals surface area contributed by atoms with Crippen LogP contribution in [-0.2, 0) is 0 Å². The lowest BCUT2D eigenvalue weighted by atomic mass is 9.94. The molecular formula is C10H24Si. The summed E-state index contributed by atoms with van der Waals surface area (Å²) in [5.74, 6) is 0. The van der Waals surface area contributed by atoms with Crippen molar-refractivity contribution < 1.29 is 0 Å². The van der Waals surface area contributed by atoms with Crippen molar-refractivity contribution in [2.75, 3.05) is 0 Å². The summed E-state index contributed by atoms with van der Waals surface area (Å²) in [6.07, 6.45) is 1.44. The number of rotatable bonds is 4. The molecule has 1 heteroatoms. The molecule has 0 bridgehead atoms. The molecule has 11 heavy (non-hydrogen) atoms. The summed E-state index contributed by atoms with van der Waals surface area (Å²) in [4.78, 5) is 0. The van der Waals surface area contributed by atoms with Gasteiger partial charge in [-0.15, -0.1) is 0 Å². The summed E-state index contributed by atoms with van der Waals surface area (Å²) in [5.41, 5.74) is 0.565. The summed E-state index contributed by atoms with van der Waals surface area (Å²) in [6, 6.07) is 4.54. The van der Waals surface area contributed by atoms with Crippen LogP contribution in [0.3, 0.4) is 0 Å². The van der Waals surface area contributed by atoms with Crippen LogP contribution in [0.4, 0.5) is 0 Å².